The molecular formula is C31H36F2N6O. The van der Waals surface area contributed by atoms with Crippen LogP contribution >= 0.6 is 0 Å². The van der Waals surface area contributed by atoms with Crippen LogP contribution in [0.15, 0.2) is 60.9 Å². The predicted molar refractivity (Wildman–Crippen MR) is 155 cm³/mol. The monoisotopic (exact) mass is 546 g/mol. The normalized spacial score (nSPS) is 14.9. The van der Waals surface area contributed by atoms with Crippen LogP contribution in [-0.4, -0.2) is 70.4 Å². The molecule has 3 aromatic heterocycles. The van der Waals surface area contributed by atoms with Gasteiger partial charge in [0.25, 0.3) is 11.8 Å². The third-order valence-electron chi connectivity index (χ3n) is 7.66. The molecule has 1 N–H and O–H groups in total. The molecule has 0 spiro atoms. The van der Waals surface area contributed by atoms with Gasteiger partial charge >= 0.3 is 0 Å². The SMILES string of the molecule is CNc1ccc(-c2ccnc3c2cc(CN2CCC(c4ccc(C(=O)N(C)C)cc4)CC2)n3CC(C)(F)F)cn1. The van der Waals surface area contributed by atoms with Crippen LogP contribution in [0.25, 0.3) is 22.2 Å². The summed E-state index contributed by atoms with van der Waals surface area (Å²) >= 11 is 0. The molecule has 9 heteroatoms. The molecule has 5 rings (SSSR count). The van der Waals surface area contributed by atoms with Crippen molar-refractivity contribution in [3.05, 3.63) is 77.7 Å². The lowest BCUT2D eigenvalue weighted by atomic mass is 9.89. The van der Waals surface area contributed by atoms with Crippen molar-refractivity contribution in [2.75, 3.05) is 39.5 Å². The van der Waals surface area contributed by atoms with Gasteiger partial charge in [0, 0.05) is 69.2 Å². The summed E-state index contributed by atoms with van der Waals surface area (Å²) < 4.78 is 30.4. The van der Waals surface area contributed by atoms with Crippen LogP contribution in [0.3, 0.4) is 0 Å². The van der Waals surface area contributed by atoms with Gasteiger partial charge in [-0.1, -0.05) is 12.1 Å². The van der Waals surface area contributed by atoms with Crippen molar-refractivity contribution in [1.29, 1.82) is 0 Å². The highest BCUT2D eigenvalue weighted by Gasteiger charge is 2.28. The Hall–Kier alpha value is -3.85. The molecule has 7 nitrogen and oxygen atoms in total. The number of carbonyl (C=O) groups is 1. The van der Waals surface area contributed by atoms with E-state index in [-0.39, 0.29) is 5.91 Å². The first-order chi connectivity index (χ1) is 19.1. The van der Waals surface area contributed by atoms with Crippen molar-refractivity contribution < 1.29 is 13.6 Å². The Labute approximate surface area is 233 Å². The van der Waals surface area contributed by atoms with E-state index < -0.39 is 12.5 Å². The average molecular weight is 547 g/mol. The fourth-order valence-electron chi connectivity index (χ4n) is 5.55. The number of piperidine rings is 1. The molecule has 4 heterocycles. The largest absolute Gasteiger partial charge is 0.373 e. The van der Waals surface area contributed by atoms with E-state index in [1.165, 1.54) is 5.56 Å². The van der Waals surface area contributed by atoms with Crippen LogP contribution in [-0.2, 0) is 13.1 Å². The molecule has 1 aliphatic heterocycles. The molecule has 210 valence electrons. The van der Waals surface area contributed by atoms with Gasteiger partial charge in [-0.3, -0.25) is 9.69 Å². The smallest absolute Gasteiger partial charge is 0.262 e. The highest BCUT2D eigenvalue weighted by Crippen LogP contribution is 2.34. The lowest BCUT2D eigenvalue weighted by Gasteiger charge is -2.32. The summed E-state index contributed by atoms with van der Waals surface area (Å²) in [5, 5.41) is 3.87. The number of rotatable bonds is 8. The fourth-order valence-corrected chi connectivity index (χ4v) is 5.55. The minimum atomic E-state index is -2.87. The number of amides is 1. The number of nitrogens with one attached hydrogen (secondary N) is 1. The van der Waals surface area contributed by atoms with Gasteiger partial charge in [0.05, 0.1) is 6.54 Å². The molecule has 1 aromatic carbocycles. The molecule has 1 fully saturated rings. The number of nitrogens with zero attached hydrogens (tertiary/aromatic N) is 5. The van der Waals surface area contributed by atoms with E-state index in [1.807, 2.05) is 43.4 Å². The van der Waals surface area contributed by atoms with E-state index >= 15 is 0 Å². The number of pyridine rings is 2. The topological polar surface area (TPSA) is 66.3 Å². The second kappa shape index (κ2) is 11.3. The van der Waals surface area contributed by atoms with Crippen LogP contribution in [0.4, 0.5) is 14.6 Å². The lowest BCUT2D eigenvalue weighted by Crippen LogP contribution is -2.33. The number of carbonyl (C=O) groups excluding carboxylic acids is 1. The molecule has 1 saturated heterocycles. The molecule has 0 unspecified atom stereocenters. The Bertz CT molecular complexity index is 1470. The first-order valence-corrected chi connectivity index (χ1v) is 13.7. The molecule has 1 amide bonds. The minimum absolute atomic E-state index is 0.00157. The lowest BCUT2D eigenvalue weighted by molar-refractivity contribution is 0.00371. The number of likely N-dealkylation sites (tertiary alicyclic amines) is 1. The molecule has 0 saturated carbocycles. The second-order valence-corrected chi connectivity index (χ2v) is 10.9. The predicted octanol–water partition coefficient (Wildman–Crippen LogP) is 5.88. The van der Waals surface area contributed by atoms with Crippen LogP contribution in [0.1, 0.15) is 47.3 Å². The van der Waals surface area contributed by atoms with Crippen LogP contribution in [0.5, 0.6) is 0 Å². The molecule has 0 atom stereocenters. The van der Waals surface area contributed by atoms with Crippen LogP contribution in [0, 0.1) is 0 Å². The van der Waals surface area contributed by atoms with E-state index in [4.69, 9.17) is 0 Å². The number of halogens is 2. The maximum absolute atomic E-state index is 14.3. The van der Waals surface area contributed by atoms with Gasteiger partial charge in [0.1, 0.15) is 11.5 Å². The van der Waals surface area contributed by atoms with E-state index in [0.717, 1.165) is 60.9 Å². The van der Waals surface area contributed by atoms with Gasteiger partial charge in [-0.2, -0.15) is 0 Å². The van der Waals surface area contributed by atoms with Crippen molar-refractivity contribution in [3.8, 4) is 11.1 Å². The molecule has 0 radical (unpaired) electrons. The van der Waals surface area contributed by atoms with Crippen molar-refractivity contribution in [2.45, 2.75) is 44.7 Å². The zero-order valence-electron chi connectivity index (χ0n) is 23.5. The summed E-state index contributed by atoms with van der Waals surface area (Å²) in [5.41, 5.74) is 5.16. The number of fused-ring (bicyclic) bond motifs is 1. The molecule has 0 aliphatic carbocycles. The van der Waals surface area contributed by atoms with E-state index in [2.05, 4.69) is 32.3 Å². The van der Waals surface area contributed by atoms with Crippen molar-refractivity contribution in [1.82, 2.24) is 24.3 Å². The Kier molecular flexibility index (Phi) is 7.85. The van der Waals surface area contributed by atoms with Crippen LogP contribution in [0.2, 0.25) is 0 Å². The van der Waals surface area contributed by atoms with E-state index in [0.29, 0.717) is 23.7 Å². The van der Waals surface area contributed by atoms with Gasteiger partial charge in [0.15, 0.2) is 0 Å². The Balaban J connectivity index is 1.36. The maximum atomic E-state index is 14.3. The summed E-state index contributed by atoms with van der Waals surface area (Å²) in [7, 11) is 5.32. The summed E-state index contributed by atoms with van der Waals surface area (Å²) in [6.45, 7) is 2.83. The molecule has 1 aliphatic rings. The van der Waals surface area contributed by atoms with E-state index in [1.54, 1.807) is 36.0 Å². The van der Waals surface area contributed by atoms with Crippen molar-refractivity contribution >= 4 is 22.8 Å². The Morgan fingerprint density at radius 1 is 1.07 bits per heavy atom. The summed E-state index contributed by atoms with van der Waals surface area (Å²) in [6, 6.07) is 15.7. The number of anilines is 1. The molecule has 0 bridgehead atoms. The van der Waals surface area contributed by atoms with Crippen LogP contribution < -0.4 is 5.32 Å². The number of benzene rings is 1. The van der Waals surface area contributed by atoms with Crippen molar-refractivity contribution in [3.63, 3.8) is 0 Å². The third kappa shape index (κ3) is 5.99. The number of hydrogen-bond donors (Lipinski definition) is 1. The first-order valence-electron chi connectivity index (χ1n) is 13.7. The van der Waals surface area contributed by atoms with E-state index in [9.17, 15) is 13.6 Å². The third-order valence-corrected chi connectivity index (χ3v) is 7.66. The van der Waals surface area contributed by atoms with Gasteiger partial charge in [-0.05, 0) is 79.4 Å². The number of hydrogen-bond acceptors (Lipinski definition) is 5. The molecule has 40 heavy (non-hydrogen) atoms. The number of aromatic nitrogens is 3. The van der Waals surface area contributed by atoms with Gasteiger partial charge in [-0.15, -0.1) is 0 Å². The Morgan fingerprint density at radius 2 is 1.80 bits per heavy atom. The second-order valence-electron chi connectivity index (χ2n) is 10.9. The van der Waals surface area contributed by atoms with Gasteiger partial charge in [-0.25, -0.2) is 18.7 Å². The number of alkyl halides is 2. The zero-order chi connectivity index (χ0) is 28.4. The highest BCUT2D eigenvalue weighted by molar-refractivity contribution is 5.94. The van der Waals surface area contributed by atoms with Gasteiger partial charge < -0.3 is 14.8 Å². The highest BCUT2D eigenvalue weighted by atomic mass is 19.3. The standard InChI is InChI=1S/C31H36F2N6O/c1-31(32,33)20-39-25(17-27-26(11-14-35-29(27)39)24-9-10-28(34-2)36-18-24)19-38-15-12-22(13-16-38)21-5-7-23(8-6-21)30(40)37(3)4/h5-11,14,17-18,22H,12-13,15-16,19-20H2,1-4H3,(H,34,36). The molecular weight excluding hydrogens is 510 g/mol. The van der Waals surface area contributed by atoms with Gasteiger partial charge in [0.2, 0.25) is 0 Å². The van der Waals surface area contributed by atoms with Crippen molar-refractivity contribution in [2.24, 2.45) is 0 Å². The first kappa shape index (κ1) is 27.7. The maximum Gasteiger partial charge on any atom is 0.262 e. The fraction of sp³-hybridized carbons (Fsp3) is 0.387. The Morgan fingerprint density at radius 3 is 2.40 bits per heavy atom. The molecule has 4 aromatic rings. The summed E-state index contributed by atoms with van der Waals surface area (Å²) in [6.07, 6.45) is 5.41. The average Bonchev–Trinajstić information content (AvgIpc) is 3.28. The quantitative estimate of drug-likeness (QED) is 0.299. The minimum Gasteiger partial charge on any atom is -0.373 e. The zero-order valence-corrected chi connectivity index (χ0v) is 23.5. The summed E-state index contributed by atoms with van der Waals surface area (Å²) in [5.74, 6) is -1.70. The summed E-state index contributed by atoms with van der Waals surface area (Å²) in [4.78, 5) is 25.1.